The van der Waals surface area contributed by atoms with Gasteiger partial charge in [0.25, 0.3) is 0 Å². The first-order valence-corrected chi connectivity index (χ1v) is 7.55. The van der Waals surface area contributed by atoms with Gasteiger partial charge in [0, 0.05) is 13.3 Å². The zero-order valence-corrected chi connectivity index (χ0v) is 12.6. The van der Waals surface area contributed by atoms with Crippen LogP contribution in [0, 0.1) is 0 Å². The van der Waals surface area contributed by atoms with Crippen molar-refractivity contribution in [3.63, 3.8) is 0 Å². The molecule has 2 atom stereocenters. The molecule has 0 aromatic rings. The van der Waals surface area contributed by atoms with Gasteiger partial charge in [-0.2, -0.15) is 0 Å². The van der Waals surface area contributed by atoms with Gasteiger partial charge < -0.3 is 10.2 Å². The Balaban J connectivity index is 2.49. The second-order valence-electron chi connectivity index (χ2n) is 5.48. The van der Waals surface area contributed by atoms with E-state index in [4.69, 9.17) is 5.11 Å². The van der Waals surface area contributed by atoms with Crippen molar-refractivity contribution >= 4 is 11.8 Å². The van der Waals surface area contributed by atoms with Crippen molar-refractivity contribution in [1.82, 2.24) is 0 Å². The van der Waals surface area contributed by atoms with E-state index in [1.807, 2.05) is 0 Å². The van der Waals surface area contributed by atoms with Crippen LogP contribution in [-0.2, 0) is 4.79 Å². The molecule has 0 bridgehead atoms. The van der Waals surface area contributed by atoms with Crippen LogP contribution in [0.2, 0.25) is 0 Å². The van der Waals surface area contributed by atoms with E-state index in [0.717, 1.165) is 25.1 Å². The number of unbranched alkanes of at least 4 members (excludes halogenated alkanes) is 5. The highest BCUT2D eigenvalue weighted by Crippen LogP contribution is 2.24. The summed E-state index contributed by atoms with van der Waals surface area (Å²) in [6.07, 6.45) is 10.4. The number of hydrogen-bond acceptors (Lipinski definition) is 3. The highest BCUT2D eigenvalue weighted by Gasteiger charge is 2.41. The molecule has 1 aliphatic heterocycles. The maximum Gasteiger partial charge on any atom is 0.360 e. The maximum absolute atomic E-state index is 11.0. The van der Waals surface area contributed by atoms with Gasteiger partial charge in [0.05, 0.1) is 6.20 Å². The average molecular weight is 283 g/mol. The Morgan fingerprint density at radius 2 is 1.95 bits per heavy atom. The maximum atomic E-state index is 11.0. The molecule has 0 radical (unpaired) electrons. The SMILES string of the molecule is CCCCCCCCC1=NC=C[N+]1(CC(=O)O)C(C)O. The zero-order valence-electron chi connectivity index (χ0n) is 12.6. The van der Waals surface area contributed by atoms with E-state index in [1.165, 1.54) is 25.7 Å². The number of carboxylic acid groups (broad SMARTS) is 1. The number of hydrogen-bond donors (Lipinski definition) is 2. The summed E-state index contributed by atoms with van der Waals surface area (Å²) in [6.45, 7) is 3.66. The lowest BCUT2D eigenvalue weighted by Gasteiger charge is -2.33. The number of aliphatic hydroxyl groups excluding tert-OH is 1. The van der Waals surface area contributed by atoms with Gasteiger partial charge in [0.15, 0.2) is 12.8 Å². The second kappa shape index (κ2) is 8.17. The summed E-state index contributed by atoms with van der Waals surface area (Å²) in [5.41, 5.74) is 0. The molecular weight excluding hydrogens is 256 g/mol. The summed E-state index contributed by atoms with van der Waals surface area (Å²) in [4.78, 5) is 15.3. The molecule has 0 fully saturated rings. The van der Waals surface area contributed by atoms with Gasteiger partial charge in [0.1, 0.15) is 6.20 Å². The molecule has 0 aliphatic carbocycles. The van der Waals surface area contributed by atoms with Crippen LogP contribution in [0.3, 0.4) is 0 Å². The minimum Gasteiger partial charge on any atom is -0.477 e. The summed E-state index contributed by atoms with van der Waals surface area (Å²) >= 11 is 0. The predicted octanol–water partition coefficient (Wildman–Crippen LogP) is 2.86. The van der Waals surface area contributed by atoms with Crippen molar-refractivity contribution in [3.8, 4) is 0 Å². The number of carbonyl (C=O) groups is 1. The monoisotopic (exact) mass is 283 g/mol. The molecule has 1 rings (SSSR count). The van der Waals surface area contributed by atoms with E-state index in [2.05, 4.69) is 11.9 Å². The average Bonchev–Trinajstić information content (AvgIpc) is 2.77. The minimum atomic E-state index is -0.923. The summed E-state index contributed by atoms with van der Waals surface area (Å²) in [7, 11) is 0. The summed E-state index contributed by atoms with van der Waals surface area (Å²) in [6, 6.07) is 0. The normalized spacial score (nSPS) is 22.9. The molecule has 0 aromatic heterocycles. The highest BCUT2D eigenvalue weighted by atomic mass is 16.4. The van der Waals surface area contributed by atoms with Crippen LogP contribution in [0.4, 0.5) is 0 Å². The third kappa shape index (κ3) is 4.42. The Bertz CT molecular complexity index is 377. The van der Waals surface area contributed by atoms with Crippen molar-refractivity contribution in [3.05, 3.63) is 12.4 Å². The van der Waals surface area contributed by atoms with Gasteiger partial charge in [-0.15, -0.1) is 0 Å². The number of aliphatic imine (C=N–C) groups is 1. The van der Waals surface area contributed by atoms with Crippen molar-refractivity contribution in [2.75, 3.05) is 6.54 Å². The standard InChI is InChI=1S/C15H26N2O3/c1-3-4-5-6-7-8-9-14-16-10-11-17(14,13(2)18)12-15(19)20/h10-11,13,18H,3-9,12H2,1-2H3/p+1. The number of rotatable bonds is 10. The number of aliphatic carboxylic acids is 1. The summed E-state index contributed by atoms with van der Waals surface area (Å²) < 4.78 is -0.0513. The van der Waals surface area contributed by atoms with Crippen LogP contribution in [0.5, 0.6) is 0 Å². The molecule has 114 valence electrons. The Kier molecular flexibility index (Phi) is 6.88. The summed E-state index contributed by atoms with van der Waals surface area (Å²) in [5, 5.41) is 19.0. The molecule has 2 unspecified atom stereocenters. The third-order valence-electron chi connectivity index (χ3n) is 3.85. The molecule has 5 heteroatoms. The van der Waals surface area contributed by atoms with Crippen molar-refractivity contribution in [1.29, 1.82) is 0 Å². The van der Waals surface area contributed by atoms with Gasteiger partial charge in [-0.3, -0.25) is 0 Å². The third-order valence-corrected chi connectivity index (χ3v) is 3.85. The molecule has 0 saturated carbocycles. The van der Waals surface area contributed by atoms with Crippen molar-refractivity contribution in [2.24, 2.45) is 4.99 Å². The van der Waals surface area contributed by atoms with Gasteiger partial charge in [-0.25, -0.2) is 14.3 Å². The first-order chi connectivity index (χ1) is 9.53. The number of aliphatic hydroxyl groups is 1. The molecule has 1 aliphatic rings. The Morgan fingerprint density at radius 1 is 1.30 bits per heavy atom. The van der Waals surface area contributed by atoms with E-state index in [9.17, 15) is 9.90 Å². The minimum absolute atomic E-state index is 0.0513. The zero-order chi connectivity index (χ0) is 15.0. The number of quaternary nitrogens is 1. The van der Waals surface area contributed by atoms with Gasteiger partial charge >= 0.3 is 5.97 Å². The molecule has 20 heavy (non-hydrogen) atoms. The van der Waals surface area contributed by atoms with E-state index in [0.29, 0.717) is 0 Å². The van der Waals surface area contributed by atoms with Gasteiger partial charge in [-0.1, -0.05) is 39.0 Å². The molecule has 0 amide bonds. The molecule has 0 spiro atoms. The van der Waals surface area contributed by atoms with Gasteiger partial charge in [0.2, 0.25) is 5.84 Å². The smallest absolute Gasteiger partial charge is 0.360 e. The Hall–Kier alpha value is -1.20. The summed E-state index contributed by atoms with van der Waals surface area (Å²) in [5.74, 6) is -0.161. The lowest BCUT2D eigenvalue weighted by molar-refractivity contribution is -0.832. The van der Waals surface area contributed by atoms with E-state index < -0.39 is 12.2 Å². The molecule has 0 saturated heterocycles. The van der Waals surface area contributed by atoms with Crippen LogP contribution in [0.15, 0.2) is 17.4 Å². The quantitative estimate of drug-likeness (QED) is 0.478. The van der Waals surface area contributed by atoms with Crippen molar-refractivity contribution in [2.45, 2.75) is 65.0 Å². The number of nitrogens with zero attached hydrogens (tertiary/aromatic N) is 2. The topological polar surface area (TPSA) is 69.9 Å². The Labute approximate surface area is 121 Å². The predicted molar refractivity (Wildman–Crippen MR) is 79.0 cm³/mol. The number of carboxylic acids is 1. The molecule has 2 N–H and O–H groups in total. The molecular formula is C15H27N2O3+. The van der Waals surface area contributed by atoms with Crippen LogP contribution in [0.1, 0.15) is 58.8 Å². The van der Waals surface area contributed by atoms with Crippen LogP contribution in [-0.4, -0.2) is 39.3 Å². The lowest BCUT2D eigenvalue weighted by atomic mass is 10.1. The molecule has 0 aromatic carbocycles. The van der Waals surface area contributed by atoms with Crippen LogP contribution in [0.25, 0.3) is 0 Å². The van der Waals surface area contributed by atoms with E-state index >= 15 is 0 Å². The molecule has 1 heterocycles. The van der Waals surface area contributed by atoms with E-state index in [-0.39, 0.29) is 11.0 Å². The lowest BCUT2D eigenvalue weighted by Crippen LogP contribution is -2.55. The fourth-order valence-electron chi connectivity index (χ4n) is 2.61. The van der Waals surface area contributed by atoms with E-state index in [1.54, 1.807) is 19.3 Å². The van der Waals surface area contributed by atoms with Crippen LogP contribution >= 0.6 is 0 Å². The van der Waals surface area contributed by atoms with Crippen LogP contribution < -0.4 is 0 Å². The second-order valence-corrected chi connectivity index (χ2v) is 5.48. The highest BCUT2D eigenvalue weighted by molar-refractivity contribution is 5.81. The van der Waals surface area contributed by atoms with Crippen molar-refractivity contribution < 1.29 is 19.5 Å². The molecule has 5 nitrogen and oxygen atoms in total. The first kappa shape index (κ1) is 16.9. The van der Waals surface area contributed by atoms with Gasteiger partial charge in [-0.05, 0) is 6.42 Å². The Morgan fingerprint density at radius 3 is 2.55 bits per heavy atom. The largest absolute Gasteiger partial charge is 0.477 e. The fraction of sp³-hybridized carbons (Fsp3) is 0.733. The number of amidine groups is 1. The first-order valence-electron chi connectivity index (χ1n) is 7.55. The fourth-order valence-corrected chi connectivity index (χ4v) is 2.61.